The summed E-state index contributed by atoms with van der Waals surface area (Å²) < 4.78 is 59.7. The molecule has 4 aromatic rings. The number of anilines is 1. The highest BCUT2D eigenvalue weighted by molar-refractivity contribution is 9.09. The van der Waals surface area contributed by atoms with Crippen molar-refractivity contribution in [2.75, 3.05) is 36.4 Å². The van der Waals surface area contributed by atoms with Crippen LogP contribution in [0.15, 0.2) is 115 Å². The molecule has 4 atom stereocenters. The van der Waals surface area contributed by atoms with E-state index in [1.807, 2.05) is 54.6 Å². The Kier molecular flexibility index (Phi) is 12.5. The van der Waals surface area contributed by atoms with Crippen molar-refractivity contribution in [1.82, 2.24) is 4.90 Å². The van der Waals surface area contributed by atoms with Gasteiger partial charge >= 0.3 is 6.18 Å². The van der Waals surface area contributed by atoms with Gasteiger partial charge in [-0.1, -0.05) is 107 Å². The predicted octanol–water partition coefficient (Wildman–Crippen LogP) is 8.76. The number of hydrogen-bond acceptors (Lipinski definition) is 5. The monoisotopic (exact) mass is 736 g/mol. The summed E-state index contributed by atoms with van der Waals surface area (Å²) in [7, 11) is 0. The number of likely N-dealkylation sites (tertiary alicyclic amines) is 1. The van der Waals surface area contributed by atoms with Gasteiger partial charge in [0.15, 0.2) is 0 Å². The number of piperidine rings is 2. The zero-order valence-corrected chi connectivity index (χ0v) is 29.1. The molecule has 49 heavy (non-hydrogen) atoms. The summed E-state index contributed by atoms with van der Waals surface area (Å²) >= 11 is 3.86. The lowest BCUT2D eigenvalue weighted by Gasteiger charge is -2.49. The quantitative estimate of drug-likeness (QED) is 0.128. The molecule has 9 heteroatoms. The highest BCUT2D eigenvalue weighted by Gasteiger charge is 2.46. The van der Waals surface area contributed by atoms with Crippen LogP contribution >= 0.6 is 15.9 Å². The van der Waals surface area contributed by atoms with E-state index in [1.165, 1.54) is 12.1 Å². The van der Waals surface area contributed by atoms with Crippen LogP contribution in [0.4, 0.5) is 18.9 Å². The molecular weight excluding hydrogens is 693 g/mol. The van der Waals surface area contributed by atoms with Crippen molar-refractivity contribution in [2.24, 2.45) is 5.92 Å². The molecule has 2 fully saturated rings. The Morgan fingerprint density at radius 1 is 0.633 bits per heavy atom. The van der Waals surface area contributed by atoms with Crippen molar-refractivity contribution in [1.29, 1.82) is 0 Å². The van der Waals surface area contributed by atoms with Gasteiger partial charge in [-0.25, -0.2) is 0 Å². The molecule has 2 aliphatic rings. The fourth-order valence-corrected chi connectivity index (χ4v) is 7.72. The maximum absolute atomic E-state index is 13.1. The van der Waals surface area contributed by atoms with Gasteiger partial charge in [-0.05, 0) is 59.7 Å². The molecule has 260 valence electrons. The van der Waals surface area contributed by atoms with E-state index in [1.54, 1.807) is 12.1 Å². The molecule has 0 radical (unpaired) electrons. The second-order valence-electron chi connectivity index (χ2n) is 13.0. The van der Waals surface area contributed by atoms with E-state index in [4.69, 9.17) is 14.2 Å². The smallest absolute Gasteiger partial charge is 0.372 e. The van der Waals surface area contributed by atoms with Crippen LogP contribution in [0.1, 0.15) is 35.1 Å². The van der Waals surface area contributed by atoms with Crippen LogP contribution in [0.2, 0.25) is 0 Å². The normalized spacial score (nSPS) is 22.3. The molecule has 0 amide bonds. The Balaban J connectivity index is 1.19. The van der Waals surface area contributed by atoms with Crippen molar-refractivity contribution >= 4 is 21.6 Å². The molecule has 0 N–H and O–H groups in total. The van der Waals surface area contributed by atoms with Crippen molar-refractivity contribution in [3.8, 4) is 0 Å². The number of rotatable bonds is 13. The van der Waals surface area contributed by atoms with Gasteiger partial charge in [0, 0.05) is 43.2 Å². The summed E-state index contributed by atoms with van der Waals surface area (Å²) in [5.74, 6) is 0.429. The van der Waals surface area contributed by atoms with Gasteiger partial charge < -0.3 is 19.1 Å². The van der Waals surface area contributed by atoms with E-state index in [0.717, 1.165) is 54.9 Å². The first-order chi connectivity index (χ1) is 23.9. The molecule has 0 aliphatic carbocycles. The van der Waals surface area contributed by atoms with Crippen molar-refractivity contribution in [3.05, 3.63) is 138 Å². The number of alkyl halides is 4. The minimum absolute atomic E-state index is 0.0500. The fourth-order valence-electron chi connectivity index (χ4n) is 6.94. The minimum Gasteiger partial charge on any atom is -0.372 e. The Morgan fingerprint density at radius 2 is 1.12 bits per heavy atom. The Bertz CT molecular complexity index is 1540. The first-order valence-corrected chi connectivity index (χ1v) is 18.2. The Hall–Kier alpha value is -3.21. The molecule has 2 aliphatic heterocycles. The third kappa shape index (κ3) is 9.73. The molecular formula is C40H44BrF3N2O3. The van der Waals surface area contributed by atoms with E-state index < -0.39 is 11.7 Å². The van der Waals surface area contributed by atoms with Crippen LogP contribution < -0.4 is 4.90 Å². The first kappa shape index (κ1) is 35.6. The molecule has 5 nitrogen and oxygen atoms in total. The Morgan fingerprint density at radius 3 is 1.61 bits per heavy atom. The van der Waals surface area contributed by atoms with Gasteiger partial charge in [0.1, 0.15) is 12.2 Å². The number of nitrogens with zero attached hydrogens (tertiary/aromatic N) is 2. The maximum Gasteiger partial charge on any atom is 0.416 e. The first-order valence-electron chi connectivity index (χ1n) is 17.1. The third-order valence-electron chi connectivity index (χ3n) is 9.66. The largest absolute Gasteiger partial charge is 0.416 e. The lowest BCUT2D eigenvalue weighted by molar-refractivity contribution is -0.201. The van der Waals surface area contributed by atoms with Crippen LogP contribution in [0, 0.1) is 5.92 Å². The van der Waals surface area contributed by atoms with Crippen molar-refractivity contribution in [2.45, 2.75) is 63.2 Å². The molecule has 0 saturated carbocycles. The molecule has 2 saturated heterocycles. The zero-order chi connectivity index (χ0) is 34.1. The SMILES string of the molecule is FC(F)(F)c1ccc(N2CCC(CN3C[C@H](OCc4ccccc4)[C@@H](OCc4ccccc4)[C@H](OCc4ccccc4)[C@H]3CBr)CC2)cc1. The summed E-state index contributed by atoms with van der Waals surface area (Å²) in [6.45, 7) is 4.57. The lowest BCUT2D eigenvalue weighted by Crippen LogP contribution is -2.64. The van der Waals surface area contributed by atoms with Crippen molar-refractivity contribution < 1.29 is 27.4 Å². The summed E-state index contributed by atoms with van der Waals surface area (Å²) in [5.41, 5.74) is 3.54. The van der Waals surface area contributed by atoms with Gasteiger partial charge in [-0.3, -0.25) is 4.90 Å². The van der Waals surface area contributed by atoms with E-state index in [0.29, 0.717) is 37.6 Å². The van der Waals surface area contributed by atoms with E-state index in [9.17, 15) is 13.2 Å². The average molecular weight is 738 g/mol. The summed E-state index contributed by atoms with van der Waals surface area (Å²) in [4.78, 5) is 4.71. The lowest BCUT2D eigenvalue weighted by atomic mass is 9.90. The molecule has 0 bridgehead atoms. The van der Waals surface area contributed by atoms with Gasteiger partial charge in [-0.2, -0.15) is 13.2 Å². The number of ether oxygens (including phenoxy) is 3. The second-order valence-corrected chi connectivity index (χ2v) is 13.7. The highest BCUT2D eigenvalue weighted by atomic mass is 79.9. The Labute approximate surface area is 296 Å². The van der Waals surface area contributed by atoms with Gasteiger partial charge in [0.25, 0.3) is 0 Å². The highest BCUT2D eigenvalue weighted by Crippen LogP contribution is 2.34. The van der Waals surface area contributed by atoms with Gasteiger partial charge in [0.2, 0.25) is 0 Å². The topological polar surface area (TPSA) is 34.2 Å². The molecule has 2 heterocycles. The van der Waals surface area contributed by atoms with Crippen LogP contribution in [0.3, 0.4) is 0 Å². The van der Waals surface area contributed by atoms with Crippen LogP contribution in [-0.2, 0) is 40.2 Å². The van der Waals surface area contributed by atoms with E-state index in [2.05, 4.69) is 62.1 Å². The summed E-state index contributed by atoms with van der Waals surface area (Å²) in [5, 5.41) is 0.716. The zero-order valence-electron chi connectivity index (χ0n) is 27.6. The third-order valence-corrected chi connectivity index (χ3v) is 10.3. The van der Waals surface area contributed by atoms with Gasteiger partial charge in [0.05, 0.1) is 31.5 Å². The standard InChI is InChI=1S/C40H44BrF3N2O3/c41-24-36-38(48-28-32-12-6-2-7-13-32)39(49-29-33-14-8-3-9-15-33)37(47-27-31-10-4-1-5-11-31)26-46(36)25-30-20-22-45(23-21-30)35-18-16-34(17-19-35)40(42,43)44/h1-19,30,36-39H,20-29H2/t36-,37+,38-,39-/m1/s1. The minimum atomic E-state index is -4.33. The van der Waals surface area contributed by atoms with E-state index >= 15 is 0 Å². The van der Waals surface area contributed by atoms with Crippen LogP contribution in [0.5, 0.6) is 0 Å². The number of hydrogen-bond donors (Lipinski definition) is 0. The molecule has 0 spiro atoms. The summed E-state index contributed by atoms with van der Waals surface area (Å²) in [6.07, 6.45) is -3.22. The maximum atomic E-state index is 13.1. The average Bonchev–Trinajstić information content (AvgIpc) is 3.14. The number of benzene rings is 4. The summed E-state index contributed by atoms with van der Waals surface area (Å²) in [6, 6.07) is 36.2. The van der Waals surface area contributed by atoms with Crippen LogP contribution in [-0.4, -0.2) is 60.8 Å². The number of halogens is 4. The second kappa shape index (κ2) is 17.1. The van der Waals surface area contributed by atoms with Crippen LogP contribution in [0.25, 0.3) is 0 Å². The molecule has 6 rings (SSSR count). The predicted molar refractivity (Wildman–Crippen MR) is 191 cm³/mol. The van der Waals surface area contributed by atoms with Gasteiger partial charge in [-0.15, -0.1) is 0 Å². The molecule has 0 aromatic heterocycles. The van der Waals surface area contributed by atoms with Crippen molar-refractivity contribution in [3.63, 3.8) is 0 Å². The van der Waals surface area contributed by atoms with E-state index in [-0.39, 0.29) is 24.4 Å². The molecule has 0 unspecified atom stereocenters. The molecule has 4 aromatic carbocycles. The fraction of sp³-hybridized carbons (Fsp3) is 0.400.